The smallest absolute Gasteiger partial charge is 0.251 e. The lowest BCUT2D eigenvalue weighted by Gasteiger charge is -2.17. The highest BCUT2D eigenvalue weighted by Gasteiger charge is 2.39. The Morgan fingerprint density at radius 2 is 2.09 bits per heavy atom. The summed E-state index contributed by atoms with van der Waals surface area (Å²) in [4.78, 5) is 25.8. The summed E-state index contributed by atoms with van der Waals surface area (Å²) < 4.78 is 10.6. The molecular weight excluding hydrogens is 284 g/mol. The van der Waals surface area contributed by atoms with Gasteiger partial charge in [0.05, 0.1) is 31.4 Å². The number of methoxy groups -OCH3 is 1. The molecule has 2 amide bonds. The first-order valence-electron chi connectivity index (χ1n) is 7.55. The van der Waals surface area contributed by atoms with E-state index in [4.69, 9.17) is 9.47 Å². The van der Waals surface area contributed by atoms with Crippen LogP contribution in [0.15, 0.2) is 24.3 Å². The predicted molar refractivity (Wildman–Crippen MR) is 80.9 cm³/mol. The highest BCUT2D eigenvalue weighted by atomic mass is 16.5. The number of imide groups is 1. The number of carbonyl (C=O) groups is 2. The molecule has 0 bridgehead atoms. The Hall–Kier alpha value is -1.92. The minimum absolute atomic E-state index is 0.151. The lowest BCUT2D eigenvalue weighted by molar-refractivity contribution is -0.121. The fourth-order valence-electron chi connectivity index (χ4n) is 2.87. The molecule has 0 aliphatic carbocycles. The molecule has 0 saturated carbocycles. The molecule has 6 nitrogen and oxygen atoms in total. The van der Waals surface area contributed by atoms with E-state index in [0.717, 1.165) is 19.4 Å². The Labute approximate surface area is 129 Å². The Morgan fingerprint density at radius 1 is 1.32 bits per heavy atom. The van der Waals surface area contributed by atoms with Crippen molar-refractivity contribution in [1.29, 1.82) is 0 Å². The molecule has 6 heteroatoms. The summed E-state index contributed by atoms with van der Waals surface area (Å²) in [7, 11) is 1.58. The fraction of sp³-hybridized carbons (Fsp3) is 0.500. The number of hydrogen-bond acceptors (Lipinski definition) is 5. The lowest BCUT2D eigenvalue weighted by atomic mass is 10.2. The van der Waals surface area contributed by atoms with Gasteiger partial charge in [-0.3, -0.25) is 9.59 Å². The van der Waals surface area contributed by atoms with Crippen molar-refractivity contribution in [2.24, 2.45) is 0 Å². The van der Waals surface area contributed by atoms with Crippen LogP contribution in [-0.4, -0.2) is 44.2 Å². The highest BCUT2D eigenvalue weighted by Crippen LogP contribution is 2.25. The van der Waals surface area contributed by atoms with Crippen molar-refractivity contribution in [2.75, 3.05) is 25.2 Å². The maximum absolute atomic E-state index is 12.4. The first-order chi connectivity index (χ1) is 10.7. The molecule has 1 N–H and O–H groups in total. The van der Waals surface area contributed by atoms with E-state index < -0.39 is 6.04 Å². The molecule has 0 radical (unpaired) electrons. The number of amides is 2. The summed E-state index contributed by atoms with van der Waals surface area (Å²) in [5.74, 6) is 0.309. The van der Waals surface area contributed by atoms with Gasteiger partial charge in [-0.1, -0.05) is 0 Å². The largest absolute Gasteiger partial charge is 0.497 e. The number of nitrogens with one attached hydrogen (secondary N) is 1. The van der Waals surface area contributed by atoms with Gasteiger partial charge in [-0.05, 0) is 37.1 Å². The average Bonchev–Trinajstić information content (AvgIpc) is 3.14. The molecule has 3 rings (SSSR count). The molecule has 0 spiro atoms. The van der Waals surface area contributed by atoms with Gasteiger partial charge in [0.25, 0.3) is 5.91 Å². The lowest BCUT2D eigenvalue weighted by Crippen LogP contribution is -2.41. The zero-order chi connectivity index (χ0) is 15.5. The molecule has 2 aliphatic heterocycles. The summed E-state index contributed by atoms with van der Waals surface area (Å²) >= 11 is 0. The van der Waals surface area contributed by atoms with Gasteiger partial charge in [-0.2, -0.15) is 0 Å². The molecule has 2 saturated heterocycles. The van der Waals surface area contributed by atoms with Gasteiger partial charge in [-0.15, -0.1) is 0 Å². The van der Waals surface area contributed by atoms with E-state index in [1.54, 1.807) is 31.4 Å². The van der Waals surface area contributed by atoms with Crippen LogP contribution in [0.3, 0.4) is 0 Å². The van der Waals surface area contributed by atoms with Crippen molar-refractivity contribution in [1.82, 2.24) is 5.32 Å². The van der Waals surface area contributed by atoms with Crippen LogP contribution in [0.4, 0.5) is 5.69 Å². The van der Waals surface area contributed by atoms with Crippen LogP contribution in [0.2, 0.25) is 0 Å². The molecule has 2 aliphatic rings. The van der Waals surface area contributed by atoms with Gasteiger partial charge in [0.2, 0.25) is 5.91 Å². The number of rotatable bonds is 5. The summed E-state index contributed by atoms with van der Waals surface area (Å²) in [5.41, 5.74) is 0.581. The number of benzene rings is 1. The highest BCUT2D eigenvalue weighted by molar-refractivity contribution is 6.22. The number of anilines is 1. The van der Waals surface area contributed by atoms with Crippen molar-refractivity contribution in [3.05, 3.63) is 24.3 Å². The number of hydrogen-bond donors (Lipinski definition) is 1. The molecule has 2 atom stereocenters. The minimum Gasteiger partial charge on any atom is -0.497 e. The van der Waals surface area contributed by atoms with E-state index in [1.807, 2.05) is 0 Å². The van der Waals surface area contributed by atoms with Gasteiger partial charge in [-0.25, -0.2) is 4.90 Å². The van der Waals surface area contributed by atoms with Crippen molar-refractivity contribution in [3.8, 4) is 5.75 Å². The molecule has 2 heterocycles. The minimum atomic E-state index is -0.459. The zero-order valence-corrected chi connectivity index (χ0v) is 12.6. The van der Waals surface area contributed by atoms with Crippen LogP contribution in [0, 0.1) is 0 Å². The third kappa shape index (κ3) is 2.98. The summed E-state index contributed by atoms with van der Waals surface area (Å²) in [6, 6.07) is 6.46. The Morgan fingerprint density at radius 3 is 2.73 bits per heavy atom. The van der Waals surface area contributed by atoms with Crippen LogP contribution < -0.4 is 15.0 Å². The van der Waals surface area contributed by atoms with Crippen LogP contribution in [-0.2, 0) is 14.3 Å². The van der Waals surface area contributed by atoms with Crippen molar-refractivity contribution < 1.29 is 19.1 Å². The molecule has 1 aromatic carbocycles. The first kappa shape index (κ1) is 15.0. The van der Waals surface area contributed by atoms with E-state index in [0.29, 0.717) is 18.0 Å². The average molecular weight is 304 g/mol. The van der Waals surface area contributed by atoms with Crippen LogP contribution in [0.25, 0.3) is 0 Å². The van der Waals surface area contributed by atoms with Gasteiger partial charge < -0.3 is 14.8 Å². The first-order valence-corrected chi connectivity index (χ1v) is 7.55. The fourth-order valence-corrected chi connectivity index (χ4v) is 2.87. The maximum atomic E-state index is 12.4. The van der Waals surface area contributed by atoms with E-state index in [1.165, 1.54) is 4.90 Å². The summed E-state index contributed by atoms with van der Waals surface area (Å²) in [5, 5.41) is 3.16. The zero-order valence-electron chi connectivity index (χ0n) is 12.6. The summed E-state index contributed by atoms with van der Waals surface area (Å²) in [6.45, 7) is 1.39. The van der Waals surface area contributed by atoms with Gasteiger partial charge in [0.15, 0.2) is 0 Å². The number of ether oxygens (including phenoxy) is 2. The third-order valence-electron chi connectivity index (χ3n) is 4.09. The summed E-state index contributed by atoms with van der Waals surface area (Å²) in [6.07, 6.45) is 2.40. The standard InChI is InChI=1S/C16H20N2O4/c1-21-12-6-4-11(5-7-12)18-15(19)9-14(16(18)20)17-10-13-3-2-8-22-13/h4-7,13-14,17H,2-3,8-10H2,1H3/t13-,14+/m1/s1. The van der Waals surface area contributed by atoms with E-state index in [2.05, 4.69) is 5.32 Å². The third-order valence-corrected chi connectivity index (χ3v) is 4.09. The molecule has 118 valence electrons. The van der Waals surface area contributed by atoms with E-state index in [-0.39, 0.29) is 24.3 Å². The number of nitrogens with zero attached hydrogens (tertiary/aromatic N) is 1. The van der Waals surface area contributed by atoms with Crippen LogP contribution >= 0.6 is 0 Å². The Kier molecular flexibility index (Phi) is 4.40. The van der Waals surface area contributed by atoms with Crippen molar-refractivity contribution in [3.63, 3.8) is 0 Å². The van der Waals surface area contributed by atoms with Gasteiger partial charge in [0, 0.05) is 13.2 Å². The SMILES string of the molecule is COc1ccc(N2C(=O)C[C@H](NC[C@H]3CCCO3)C2=O)cc1. The van der Waals surface area contributed by atoms with Gasteiger partial charge >= 0.3 is 0 Å². The van der Waals surface area contributed by atoms with E-state index >= 15 is 0 Å². The van der Waals surface area contributed by atoms with Crippen LogP contribution in [0.1, 0.15) is 19.3 Å². The topological polar surface area (TPSA) is 67.9 Å². The maximum Gasteiger partial charge on any atom is 0.251 e. The molecule has 1 aromatic rings. The monoisotopic (exact) mass is 304 g/mol. The van der Waals surface area contributed by atoms with E-state index in [9.17, 15) is 9.59 Å². The van der Waals surface area contributed by atoms with Crippen molar-refractivity contribution >= 4 is 17.5 Å². The Bertz CT molecular complexity index is 552. The van der Waals surface area contributed by atoms with Crippen LogP contribution in [0.5, 0.6) is 5.75 Å². The molecular formula is C16H20N2O4. The second-order valence-electron chi connectivity index (χ2n) is 5.57. The Balaban J connectivity index is 1.65. The van der Waals surface area contributed by atoms with Crippen molar-refractivity contribution in [2.45, 2.75) is 31.4 Å². The number of carbonyl (C=O) groups excluding carboxylic acids is 2. The quantitative estimate of drug-likeness (QED) is 0.825. The van der Waals surface area contributed by atoms with Gasteiger partial charge in [0.1, 0.15) is 5.75 Å². The molecule has 2 fully saturated rings. The molecule has 0 unspecified atom stereocenters. The molecule has 0 aromatic heterocycles. The predicted octanol–water partition coefficient (Wildman–Crippen LogP) is 1.10. The normalized spacial score (nSPS) is 25.0. The second kappa shape index (κ2) is 6.46. The second-order valence-corrected chi connectivity index (χ2v) is 5.57. The molecule has 22 heavy (non-hydrogen) atoms.